The first-order chi connectivity index (χ1) is 21.5. The summed E-state index contributed by atoms with van der Waals surface area (Å²) < 4.78 is 86.1. The molecule has 0 atom stereocenters. The van der Waals surface area contributed by atoms with Gasteiger partial charge in [-0.05, 0) is 87.4 Å². The molecule has 0 bridgehead atoms. The van der Waals surface area contributed by atoms with Crippen molar-refractivity contribution in [1.29, 1.82) is 0 Å². The van der Waals surface area contributed by atoms with Crippen molar-refractivity contribution in [2.75, 3.05) is 36.5 Å². The van der Waals surface area contributed by atoms with Gasteiger partial charge in [-0.15, -0.1) is 0 Å². The van der Waals surface area contributed by atoms with E-state index in [0.717, 1.165) is 29.5 Å². The molecule has 2 aromatic carbocycles. The first kappa shape index (κ1) is 34.8. The molecule has 0 saturated carbocycles. The molecule has 1 aliphatic rings. The van der Waals surface area contributed by atoms with Crippen LogP contribution in [-0.2, 0) is 32.1 Å². The highest BCUT2D eigenvalue weighted by molar-refractivity contribution is 5.94. The summed E-state index contributed by atoms with van der Waals surface area (Å²) in [5.41, 5.74) is -1.98. The third-order valence-corrected chi connectivity index (χ3v) is 8.47. The number of anilines is 2. The molecule has 1 N–H and O–H groups in total. The summed E-state index contributed by atoms with van der Waals surface area (Å²) in [5.74, 6) is 0.102. The van der Waals surface area contributed by atoms with Crippen LogP contribution in [0, 0.1) is 12.8 Å². The molecule has 12 heteroatoms. The lowest BCUT2D eigenvalue weighted by atomic mass is 9.79. The largest absolute Gasteiger partial charge is 0.466 e. The van der Waals surface area contributed by atoms with Crippen LogP contribution in [-0.4, -0.2) is 43.0 Å². The Labute approximate surface area is 264 Å². The Morgan fingerprint density at radius 3 is 2.07 bits per heavy atom. The molecule has 4 rings (SSSR count). The standard InChI is InChI=1S/C34H37F6N3O3/c1-5-46-31(45)14-22-10-12-43(13-11-22)30-18-27(26-9-7-6-8-21(26)2)28(19-42-30)41-20-29(44)32(3,4)23-15-24(33(35,36)37)17-25(16-23)34(38,39)40/h6-9,15-19,22,41H,5,10-14,20H2,1-4H3. The van der Waals surface area contributed by atoms with Gasteiger partial charge in [-0.2, -0.15) is 26.3 Å². The van der Waals surface area contributed by atoms with Crippen LogP contribution in [0.5, 0.6) is 0 Å². The summed E-state index contributed by atoms with van der Waals surface area (Å²) in [7, 11) is 0. The maximum atomic E-state index is 13.5. The van der Waals surface area contributed by atoms with E-state index in [4.69, 9.17) is 4.74 Å². The summed E-state index contributed by atoms with van der Waals surface area (Å²) in [4.78, 5) is 32.1. The smallest absolute Gasteiger partial charge is 0.416 e. The number of nitrogens with one attached hydrogen (secondary N) is 1. The molecular formula is C34H37F6N3O3. The van der Waals surface area contributed by atoms with Gasteiger partial charge in [0, 0.05) is 25.1 Å². The zero-order chi connectivity index (χ0) is 33.9. The number of aromatic nitrogens is 1. The Balaban J connectivity index is 1.58. The van der Waals surface area contributed by atoms with Crippen molar-refractivity contribution in [2.45, 2.75) is 64.7 Å². The van der Waals surface area contributed by atoms with E-state index in [1.165, 1.54) is 13.8 Å². The lowest BCUT2D eigenvalue weighted by molar-refractivity contribution is -0.145. The van der Waals surface area contributed by atoms with Crippen LogP contribution in [0.4, 0.5) is 37.8 Å². The van der Waals surface area contributed by atoms with Crippen LogP contribution in [0.15, 0.2) is 54.7 Å². The summed E-state index contributed by atoms with van der Waals surface area (Å²) in [6.45, 7) is 7.66. The molecule has 1 aliphatic heterocycles. The lowest BCUT2D eigenvalue weighted by Gasteiger charge is -2.33. The molecule has 1 saturated heterocycles. The molecule has 1 fully saturated rings. The number of esters is 1. The van der Waals surface area contributed by atoms with Gasteiger partial charge in [0.05, 0.1) is 41.6 Å². The monoisotopic (exact) mass is 649 g/mol. The van der Waals surface area contributed by atoms with Crippen LogP contribution < -0.4 is 10.2 Å². The van der Waals surface area contributed by atoms with Gasteiger partial charge in [-0.25, -0.2) is 4.98 Å². The number of nitrogens with zero attached hydrogens (tertiary/aromatic N) is 2. The van der Waals surface area contributed by atoms with Gasteiger partial charge in [0.1, 0.15) is 5.82 Å². The third-order valence-electron chi connectivity index (χ3n) is 8.47. The number of hydrogen-bond acceptors (Lipinski definition) is 6. The normalized spacial score (nSPS) is 14.7. The number of aryl methyl sites for hydroxylation is 1. The van der Waals surface area contributed by atoms with E-state index in [9.17, 15) is 35.9 Å². The van der Waals surface area contributed by atoms with Gasteiger partial charge in [0.15, 0.2) is 5.78 Å². The molecule has 2 heterocycles. The van der Waals surface area contributed by atoms with Crippen molar-refractivity contribution < 1.29 is 40.7 Å². The average molecular weight is 650 g/mol. The number of piperidine rings is 1. The predicted octanol–water partition coefficient (Wildman–Crippen LogP) is 8.22. The minimum Gasteiger partial charge on any atom is -0.466 e. The van der Waals surface area contributed by atoms with Crippen molar-refractivity contribution in [3.8, 4) is 11.1 Å². The zero-order valence-electron chi connectivity index (χ0n) is 26.1. The fourth-order valence-electron chi connectivity index (χ4n) is 5.55. The van der Waals surface area contributed by atoms with Crippen molar-refractivity contribution in [1.82, 2.24) is 4.98 Å². The number of rotatable bonds is 10. The number of hydrogen-bond donors (Lipinski definition) is 1. The van der Waals surface area contributed by atoms with Crippen LogP contribution in [0.25, 0.3) is 11.1 Å². The van der Waals surface area contributed by atoms with Crippen molar-refractivity contribution in [2.24, 2.45) is 5.92 Å². The molecule has 0 aliphatic carbocycles. The molecule has 46 heavy (non-hydrogen) atoms. The van der Waals surface area contributed by atoms with Gasteiger partial charge in [-0.1, -0.05) is 24.3 Å². The van der Waals surface area contributed by atoms with E-state index >= 15 is 0 Å². The number of carbonyl (C=O) groups excluding carboxylic acids is 2. The van der Waals surface area contributed by atoms with Gasteiger partial charge in [0.25, 0.3) is 0 Å². The number of carbonyl (C=O) groups is 2. The van der Waals surface area contributed by atoms with Crippen LogP contribution in [0.1, 0.15) is 62.3 Å². The molecular weight excluding hydrogens is 612 g/mol. The minimum absolute atomic E-state index is 0.0485. The Bertz CT molecular complexity index is 1530. The van der Waals surface area contributed by atoms with Gasteiger partial charge < -0.3 is 15.0 Å². The van der Waals surface area contributed by atoms with Crippen LogP contribution in [0.3, 0.4) is 0 Å². The molecule has 0 radical (unpaired) electrons. The Morgan fingerprint density at radius 1 is 0.913 bits per heavy atom. The molecule has 3 aromatic rings. The summed E-state index contributed by atoms with van der Waals surface area (Å²) in [6.07, 6.45) is -6.54. The molecule has 248 valence electrons. The highest BCUT2D eigenvalue weighted by Crippen LogP contribution is 2.40. The van der Waals surface area contributed by atoms with E-state index in [-0.39, 0.29) is 30.1 Å². The van der Waals surface area contributed by atoms with E-state index in [1.54, 1.807) is 13.1 Å². The predicted molar refractivity (Wildman–Crippen MR) is 164 cm³/mol. The topological polar surface area (TPSA) is 71.5 Å². The number of pyridine rings is 1. The second-order valence-electron chi connectivity index (χ2n) is 12.0. The fraction of sp³-hybridized carbons (Fsp3) is 0.441. The molecule has 6 nitrogen and oxygen atoms in total. The second-order valence-corrected chi connectivity index (χ2v) is 12.0. The van der Waals surface area contributed by atoms with Crippen LogP contribution in [0.2, 0.25) is 0 Å². The van der Waals surface area contributed by atoms with E-state index in [2.05, 4.69) is 15.2 Å². The number of benzene rings is 2. The first-order valence-electron chi connectivity index (χ1n) is 15.0. The average Bonchev–Trinajstić information content (AvgIpc) is 2.99. The van der Waals surface area contributed by atoms with Crippen molar-refractivity contribution >= 4 is 23.3 Å². The first-order valence-corrected chi connectivity index (χ1v) is 15.0. The van der Waals surface area contributed by atoms with Crippen LogP contribution >= 0.6 is 0 Å². The maximum absolute atomic E-state index is 13.5. The SMILES string of the molecule is CCOC(=O)CC1CCN(c2cc(-c3ccccc3C)c(NCC(=O)C(C)(C)c3cc(C(F)(F)F)cc(C(F)(F)F)c3)cn2)CC1. The van der Waals surface area contributed by atoms with Crippen molar-refractivity contribution in [3.63, 3.8) is 0 Å². The Hall–Kier alpha value is -4.09. The fourth-order valence-corrected chi connectivity index (χ4v) is 5.55. The van der Waals surface area contributed by atoms with E-state index in [1.807, 2.05) is 37.3 Å². The second kappa shape index (κ2) is 13.7. The van der Waals surface area contributed by atoms with Gasteiger partial charge >= 0.3 is 18.3 Å². The van der Waals surface area contributed by atoms with E-state index in [0.29, 0.717) is 49.8 Å². The number of ketones is 1. The summed E-state index contributed by atoms with van der Waals surface area (Å²) in [5, 5.41) is 3.05. The van der Waals surface area contributed by atoms with Crippen molar-refractivity contribution in [3.05, 3.63) is 77.0 Å². The highest BCUT2D eigenvalue weighted by atomic mass is 19.4. The van der Waals surface area contributed by atoms with E-state index < -0.39 is 34.7 Å². The van der Waals surface area contributed by atoms with Gasteiger partial charge in [0.2, 0.25) is 0 Å². The molecule has 0 unspecified atom stereocenters. The third kappa shape index (κ3) is 8.19. The number of Topliss-reactive ketones (excluding diaryl/α,β-unsaturated/α-hetero) is 1. The quantitative estimate of drug-likeness (QED) is 0.176. The number of ether oxygens (including phenoxy) is 1. The Morgan fingerprint density at radius 2 is 1.50 bits per heavy atom. The van der Waals surface area contributed by atoms with Gasteiger partial charge in [-0.3, -0.25) is 9.59 Å². The summed E-state index contributed by atoms with van der Waals surface area (Å²) >= 11 is 0. The maximum Gasteiger partial charge on any atom is 0.416 e. The molecule has 0 amide bonds. The Kier molecular flexibility index (Phi) is 10.4. The lowest BCUT2D eigenvalue weighted by Crippen LogP contribution is -2.35. The molecule has 0 spiro atoms. The summed E-state index contributed by atoms with van der Waals surface area (Å²) in [6, 6.07) is 10.7. The number of halogens is 6. The molecule has 1 aromatic heterocycles. The number of alkyl halides is 6. The highest BCUT2D eigenvalue weighted by Gasteiger charge is 2.40. The minimum atomic E-state index is -5.03. The zero-order valence-corrected chi connectivity index (χ0v) is 26.1.